The number of thiocarbonyl (C=S) groups is 1. The van der Waals surface area contributed by atoms with Crippen molar-refractivity contribution < 1.29 is 14.2 Å². The molecule has 0 aliphatic carbocycles. The molecule has 0 radical (unpaired) electrons. The number of hydrogen-bond acceptors (Lipinski definition) is 6. The maximum absolute atomic E-state index is 12.9. The Kier molecular flexibility index (Phi) is 8.13. The Morgan fingerprint density at radius 3 is 2.24 bits per heavy atom. The third-order valence-electron chi connectivity index (χ3n) is 5.23. The van der Waals surface area contributed by atoms with Gasteiger partial charge in [0.1, 0.15) is 5.75 Å². The second-order valence-electron chi connectivity index (χ2n) is 7.80. The van der Waals surface area contributed by atoms with Crippen LogP contribution in [0.25, 0.3) is 10.9 Å². The van der Waals surface area contributed by atoms with E-state index in [1.54, 1.807) is 27.4 Å². The Balaban J connectivity index is 1.88. The number of methoxy groups -OCH3 is 3. The molecular weight excluding hydrogens is 440 g/mol. The van der Waals surface area contributed by atoms with Gasteiger partial charge in [0, 0.05) is 35.8 Å². The highest BCUT2D eigenvalue weighted by molar-refractivity contribution is 7.80. The van der Waals surface area contributed by atoms with E-state index in [1.165, 1.54) is 0 Å². The van der Waals surface area contributed by atoms with Crippen LogP contribution in [0.1, 0.15) is 5.56 Å². The molecule has 9 heteroatoms. The number of nitrogens with zero attached hydrogens (tertiary/aromatic N) is 2. The molecule has 0 atom stereocenters. The fourth-order valence-corrected chi connectivity index (χ4v) is 3.62. The number of rotatable bonds is 9. The van der Waals surface area contributed by atoms with Crippen LogP contribution < -0.4 is 25.1 Å². The number of aromatic nitrogens is 1. The monoisotopic (exact) mass is 470 g/mol. The summed E-state index contributed by atoms with van der Waals surface area (Å²) in [6.45, 7) is 1.79. The molecule has 0 spiro atoms. The second kappa shape index (κ2) is 11.0. The van der Waals surface area contributed by atoms with Crippen molar-refractivity contribution in [1.82, 2.24) is 14.8 Å². The fourth-order valence-electron chi connectivity index (χ4n) is 3.35. The molecule has 3 aromatic rings. The SMILES string of the molecule is COc1ccc(NC(=S)N(CCN(C)C)Cc2cc3cc(OC)c(OC)cc3[nH]c2=O)cc1. The molecule has 0 bridgehead atoms. The van der Waals surface area contributed by atoms with Gasteiger partial charge in [-0.2, -0.15) is 0 Å². The summed E-state index contributed by atoms with van der Waals surface area (Å²) in [6.07, 6.45) is 0. The van der Waals surface area contributed by atoms with E-state index in [0.717, 1.165) is 23.4 Å². The highest BCUT2D eigenvalue weighted by Crippen LogP contribution is 2.31. The lowest BCUT2D eigenvalue weighted by Gasteiger charge is -2.27. The number of ether oxygens (including phenoxy) is 3. The van der Waals surface area contributed by atoms with Gasteiger partial charge in [0.15, 0.2) is 16.6 Å². The van der Waals surface area contributed by atoms with Crippen LogP contribution >= 0.6 is 12.2 Å². The predicted molar refractivity (Wildman–Crippen MR) is 136 cm³/mol. The van der Waals surface area contributed by atoms with Crippen LogP contribution in [-0.4, -0.2) is 68.4 Å². The first kappa shape index (κ1) is 24.3. The maximum Gasteiger partial charge on any atom is 0.253 e. The molecular formula is C24H30N4O4S. The number of benzene rings is 2. The third kappa shape index (κ3) is 6.15. The molecule has 8 nitrogen and oxygen atoms in total. The van der Waals surface area contributed by atoms with Gasteiger partial charge in [-0.05, 0) is 62.7 Å². The molecule has 176 valence electrons. The number of nitrogens with one attached hydrogen (secondary N) is 2. The van der Waals surface area contributed by atoms with Crippen LogP contribution in [0.3, 0.4) is 0 Å². The average Bonchev–Trinajstić information content (AvgIpc) is 2.81. The van der Waals surface area contributed by atoms with E-state index in [4.69, 9.17) is 26.4 Å². The topological polar surface area (TPSA) is 79.1 Å². The van der Waals surface area contributed by atoms with Crippen molar-refractivity contribution in [2.75, 3.05) is 53.8 Å². The van der Waals surface area contributed by atoms with E-state index in [1.807, 2.05) is 55.4 Å². The first-order chi connectivity index (χ1) is 15.8. The van der Waals surface area contributed by atoms with Gasteiger partial charge in [-0.25, -0.2) is 0 Å². The minimum atomic E-state index is -0.170. The standard InChI is InChI=1S/C24H30N4O4S/c1-27(2)10-11-28(24(33)25-18-6-8-19(30-3)9-7-18)15-17-12-16-13-21(31-4)22(32-5)14-20(16)26-23(17)29/h6-9,12-14H,10-11,15H2,1-5H3,(H,25,33)(H,26,29). The highest BCUT2D eigenvalue weighted by Gasteiger charge is 2.15. The number of fused-ring (bicyclic) bond motifs is 1. The summed E-state index contributed by atoms with van der Waals surface area (Å²) < 4.78 is 16.0. The summed E-state index contributed by atoms with van der Waals surface area (Å²) in [5.41, 5.74) is 1.96. The zero-order chi connectivity index (χ0) is 24.0. The van der Waals surface area contributed by atoms with Crippen molar-refractivity contribution in [3.8, 4) is 17.2 Å². The Bertz CT molecular complexity index is 1160. The van der Waals surface area contributed by atoms with Crippen LogP contribution in [0.4, 0.5) is 5.69 Å². The Labute approximate surface area is 199 Å². The molecule has 0 fully saturated rings. The lowest BCUT2D eigenvalue weighted by molar-refractivity contribution is 0.327. The van der Waals surface area contributed by atoms with E-state index >= 15 is 0 Å². The summed E-state index contributed by atoms with van der Waals surface area (Å²) in [5.74, 6) is 1.93. The normalized spacial score (nSPS) is 10.8. The van der Waals surface area contributed by atoms with Crippen LogP contribution in [0.5, 0.6) is 17.2 Å². The number of anilines is 1. The summed E-state index contributed by atoms with van der Waals surface area (Å²) in [5, 5.41) is 4.65. The lowest BCUT2D eigenvalue weighted by atomic mass is 10.1. The third-order valence-corrected chi connectivity index (χ3v) is 5.59. The van der Waals surface area contributed by atoms with E-state index in [9.17, 15) is 4.79 Å². The largest absolute Gasteiger partial charge is 0.497 e. The smallest absolute Gasteiger partial charge is 0.253 e. The molecule has 2 N–H and O–H groups in total. The number of aromatic amines is 1. The fraction of sp³-hybridized carbons (Fsp3) is 0.333. The van der Waals surface area contributed by atoms with Crippen molar-refractivity contribution in [3.63, 3.8) is 0 Å². The molecule has 0 saturated heterocycles. The van der Waals surface area contributed by atoms with Gasteiger partial charge in [0.2, 0.25) is 0 Å². The molecule has 0 unspecified atom stereocenters. The second-order valence-corrected chi connectivity index (χ2v) is 8.19. The van der Waals surface area contributed by atoms with Crippen LogP contribution in [0.15, 0.2) is 47.3 Å². The molecule has 0 saturated carbocycles. The molecule has 0 amide bonds. The van der Waals surface area contributed by atoms with Crippen LogP contribution in [-0.2, 0) is 6.54 Å². The van der Waals surface area contributed by atoms with Gasteiger partial charge < -0.3 is 34.3 Å². The molecule has 1 aromatic heterocycles. The summed E-state index contributed by atoms with van der Waals surface area (Å²) >= 11 is 5.70. The molecule has 3 rings (SSSR count). The van der Waals surface area contributed by atoms with E-state index < -0.39 is 0 Å². The first-order valence-electron chi connectivity index (χ1n) is 10.5. The quantitative estimate of drug-likeness (QED) is 0.461. The highest BCUT2D eigenvalue weighted by atomic mass is 32.1. The van der Waals surface area contributed by atoms with Crippen molar-refractivity contribution in [2.45, 2.75) is 6.54 Å². The molecule has 33 heavy (non-hydrogen) atoms. The van der Waals surface area contributed by atoms with Gasteiger partial charge in [-0.3, -0.25) is 4.79 Å². The molecule has 2 aromatic carbocycles. The van der Waals surface area contributed by atoms with E-state index in [0.29, 0.717) is 40.8 Å². The van der Waals surface area contributed by atoms with Crippen molar-refractivity contribution in [2.24, 2.45) is 0 Å². The van der Waals surface area contributed by atoms with Crippen LogP contribution in [0.2, 0.25) is 0 Å². The minimum absolute atomic E-state index is 0.170. The number of pyridine rings is 1. The lowest BCUT2D eigenvalue weighted by Crippen LogP contribution is -2.40. The summed E-state index contributed by atoms with van der Waals surface area (Å²) in [4.78, 5) is 19.9. The predicted octanol–water partition coefficient (Wildman–Crippen LogP) is 3.31. The zero-order valence-electron chi connectivity index (χ0n) is 19.6. The van der Waals surface area contributed by atoms with Crippen molar-refractivity contribution >= 4 is 33.9 Å². The van der Waals surface area contributed by atoms with Gasteiger partial charge in [-0.15, -0.1) is 0 Å². The van der Waals surface area contributed by atoms with Gasteiger partial charge in [0.25, 0.3) is 5.56 Å². The molecule has 1 heterocycles. The number of likely N-dealkylation sites (N-methyl/N-ethyl adjacent to an activating group) is 1. The van der Waals surface area contributed by atoms with Gasteiger partial charge >= 0.3 is 0 Å². The van der Waals surface area contributed by atoms with Gasteiger partial charge in [0.05, 0.1) is 33.4 Å². The van der Waals surface area contributed by atoms with Crippen LogP contribution in [0, 0.1) is 0 Å². The molecule has 0 aliphatic rings. The summed E-state index contributed by atoms with van der Waals surface area (Å²) in [7, 11) is 8.78. The first-order valence-corrected chi connectivity index (χ1v) is 10.9. The summed E-state index contributed by atoms with van der Waals surface area (Å²) in [6, 6.07) is 13.0. The Morgan fingerprint density at radius 1 is 0.970 bits per heavy atom. The minimum Gasteiger partial charge on any atom is -0.497 e. The Hall–Kier alpha value is -3.30. The molecule has 0 aliphatic heterocycles. The Morgan fingerprint density at radius 2 is 1.64 bits per heavy atom. The average molecular weight is 471 g/mol. The number of H-pyrrole nitrogens is 1. The maximum atomic E-state index is 12.9. The number of hydrogen-bond donors (Lipinski definition) is 2. The van der Waals surface area contributed by atoms with Gasteiger partial charge in [-0.1, -0.05) is 0 Å². The van der Waals surface area contributed by atoms with E-state index in [2.05, 4.69) is 15.2 Å². The zero-order valence-corrected chi connectivity index (χ0v) is 20.4. The van der Waals surface area contributed by atoms with E-state index in [-0.39, 0.29) is 5.56 Å². The van der Waals surface area contributed by atoms with Crippen molar-refractivity contribution in [1.29, 1.82) is 0 Å². The van der Waals surface area contributed by atoms with Crippen molar-refractivity contribution in [3.05, 3.63) is 58.4 Å².